The fourth-order valence-corrected chi connectivity index (χ4v) is 2.69. The molecule has 0 spiro atoms. The third-order valence-corrected chi connectivity index (χ3v) is 4.17. The lowest BCUT2D eigenvalue weighted by Crippen LogP contribution is -2.36. The van der Waals surface area contributed by atoms with Crippen molar-refractivity contribution in [2.24, 2.45) is 0 Å². The van der Waals surface area contributed by atoms with Gasteiger partial charge in [0.05, 0.1) is 12.0 Å². The Labute approximate surface area is 154 Å². The number of benzene rings is 1. The molecule has 3 N–H and O–H groups in total. The lowest BCUT2D eigenvalue weighted by molar-refractivity contribution is 0.0293. The monoisotopic (exact) mass is 369 g/mol. The Bertz CT molecular complexity index is 560. The fourth-order valence-electron chi connectivity index (χ4n) is 2.58. The van der Waals surface area contributed by atoms with Gasteiger partial charge in [0.15, 0.2) is 0 Å². The van der Waals surface area contributed by atoms with E-state index in [1.807, 2.05) is 45.0 Å². The molecule has 1 aliphatic rings. The molecule has 1 aliphatic heterocycles. The normalized spacial score (nSPS) is 18.8. The molecule has 2 atom stereocenters. The van der Waals surface area contributed by atoms with Gasteiger partial charge in [-0.2, -0.15) is 0 Å². The van der Waals surface area contributed by atoms with E-state index in [4.69, 9.17) is 16.3 Å². The summed E-state index contributed by atoms with van der Waals surface area (Å²) >= 11 is 5.57. The number of hydrogen-bond donors (Lipinski definition) is 3. The van der Waals surface area contributed by atoms with E-state index in [1.54, 1.807) is 4.90 Å². The largest absolute Gasteiger partial charge is 0.444 e. The summed E-state index contributed by atoms with van der Waals surface area (Å²) in [5.41, 5.74) is 1.46. The highest BCUT2D eigenvalue weighted by atomic mass is 35.5. The predicted molar refractivity (Wildman–Crippen MR) is 101 cm³/mol. The molecule has 140 valence electrons. The lowest BCUT2D eigenvalue weighted by Gasteiger charge is -2.24. The van der Waals surface area contributed by atoms with Crippen LogP contribution in [0, 0.1) is 0 Å². The smallest absolute Gasteiger partial charge is 0.410 e. The number of carbonyl (C=O) groups is 1. The number of alkyl halides is 1. The summed E-state index contributed by atoms with van der Waals surface area (Å²) < 4.78 is 5.41. The zero-order valence-corrected chi connectivity index (χ0v) is 15.8. The predicted octanol–water partition coefficient (Wildman–Crippen LogP) is 3.12. The van der Waals surface area contributed by atoms with Gasteiger partial charge in [0.1, 0.15) is 5.60 Å². The minimum absolute atomic E-state index is 0.211. The van der Waals surface area contributed by atoms with Crippen LogP contribution in [0.1, 0.15) is 27.2 Å². The Morgan fingerprint density at radius 2 is 2.00 bits per heavy atom. The summed E-state index contributed by atoms with van der Waals surface area (Å²) in [5.74, 6) is 0.211. The fraction of sp³-hybridized carbons (Fsp3) is 0.611. The third-order valence-electron chi connectivity index (χ3n) is 3.82. The zero-order chi connectivity index (χ0) is 18.4. The van der Waals surface area contributed by atoms with Crippen LogP contribution in [0.25, 0.3) is 0 Å². The van der Waals surface area contributed by atoms with Gasteiger partial charge in [-0.1, -0.05) is 0 Å². The van der Waals surface area contributed by atoms with Crippen LogP contribution in [0.4, 0.5) is 16.2 Å². The van der Waals surface area contributed by atoms with Crippen molar-refractivity contribution in [1.82, 2.24) is 4.90 Å². The molecule has 1 aromatic carbocycles. The van der Waals surface area contributed by atoms with Crippen molar-refractivity contribution in [3.63, 3.8) is 0 Å². The molecule has 1 fully saturated rings. The first-order chi connectivity index (χ1) is 11.8. The first-order valence-electron chi connectivity index (χ1n) is 8.59. The van der Waals surface area contributed by atoms with Crippen molar-refractivity contribution in [1.29, 1.82) is 0 Å². The second-order valence-corrected chi connectivity index (χ2v) is 7.63. The van der Waals surface area contributed by atoms with Gasteiger partial charge in [0, 0.05) is 37.1 Å². The third kappa shape index (κ3) is 6.63. The topological polar surface area (TPSA) is 73.8 Å². The van der Waals surface area contributed by atoms with Gasteiger partial charge in [0.25, 0.3) is 0 Å². The van der Waals surface area contributed by atoms with E-state index in [0.29, 0.717) is 19.6 Å². The molecule has 0 aromatic heterocycles. The number of nitrogens with zero attached hydrogens (tertiary/aromatic N) is 1. The number of halogens is 1. The van der Waals surface area contributed by atoms with E-state index in [-0.39, 0.29) is 18.0 Å². The molecular formula is C18H28ClN3O3. The quantitative estimate of drug-likeness (QED) is 0.672. The summed E-state index contributed by atoms with van der Waals surface area (Å²) in [6.07, 6.45) is 0.0761. The maximum Gasteiger partial charge on any atom is 0.410 e. The van der Waals surface area contributed by atoms with Gasteiger partial charge in [-0.15, -0.1) is 11.6 Å². The number of nitrogens with one attached hydrogen (secondary N) is 2. The second-order valence-electron chi connectivity index (χ2n) is 7.32. The van der Waals surface area contributed by atoms with Crippen LogP contribution in [0.5, 0.6) is 0 Å². The van der Waals surface area contributed by atoms with Crippen LogP contribution in [-0.2, 0) is 4.74 Å². The van der Waals surface area contributed by atoms with E-state index in [9.17, 15) is 9.90 Å². The molecular weight excluding hydrogens is 342 g/mol. The highest BCUT2D eigenvalue weighted by molar-refractivity contribution is 6.18. The Kier molecular flexibility index (Phi) is 6.79. The van der Waals surface area contributed by atoms with E-state index >= 15 is 0 Å². The van der Waals surface area contributed by atoms with Crippen LogP contribution >= 0.6 is 11.6 Å². The van der Waals surface area contributed by atoms with E-state index in [2.05, 4.69) is 10.6 Å². The lowest BCUT2D eigenvalue weighted by atomic mass is 10.2. The van der Waals surface area contributed by atoms with Crippen molar-refractivity contribution < 1.29 is 14.6 Å². The molecule has 0 radical (unpaired) electrons. The average molecular weight is 370 g/mol. The van der Waals surface area contributed by atoms with Gasteiger partial charge in [-0.3, -0.25) is 0 Å². The van der Waals surface area contributed by atoms with Gasteiger partial charge >= 0.3 is 6.09 Å². The second kappa shape index (κ2) is 8.63. The molecule has 1 aromatic rings. The van der Waals surface area contributed by atoms with Crippen LogP contribution in [0.15, 0.2) is 24.3 Å². The molecule has 6 nitrogen and oxygen atoms in total. The molecule has 2 rings (SSSR count). The summed E-state index contributed by atoms with van der Waals surface area (Å²) in [5, 5.41) is 16.0. The molecule has 1 heterocycles. The van der Waals surface area contributed by atoms with Gasteiger partial charge in [-0.25, -0.2) is 4.79 Å². The van der Waals surface area contributed by atoms with Crippen LogP contribution in [-0.4, -0.2) is 59.4 Å². The maximum atomic E-state index is 12.1. The molecule has 1 saturated heterocycles. The number of hydrogen-bond acceptors (Lipinski definition) is 5. The zero-order valence-electron chi connectivity index (χ0n) is 15.1. The average Bonchev–Trinajstić information content (AvgIpc) is 3.01. The molecule has 0 aliphatic carbocycles. The Balaban J connectivity index is 1.80. The number of amides is 1. The van der Waals surface area contributed by atoms with Crippen molar-refractivity contribution in [3.05, 3.63) is 24.3 Å². The molecule has 0 bridgehead atoms. The molecule has 0 saturated carbocycles. The van der Waals surface area contributed by atoms with Gasteiger partial charge in [0.2, 0.25) is 0 Å². The number of carbonyl (C=O) groups excluding carboxylic acids is 1. The Hall–Kier alpha value is -1.66. The molecule has 25 heavy (non-hydrogen) atoms. The summed E-state index contributed by atoms with van der Waals surface area (Å²) in [4.78, 5) is 13.8. The van der Waals surface area contributed by atoms with Crippen molar-refractivity contribution in [2.45, 2.75) is 44.9 Å². The highest BCUT2D eigenvalue weighted by Crippen LogP contribution is 2.20. The first kappa shape index (κ1) is 19.7. The van der Waals surface area contributed by atoms with Gasteiger partial charge < -0.3 is 25.4 Å². The first-order valence-corrected chi connectivity index (χ1v) is 9.13. The number of anilines is 2. The van der Waals surface area contributed by atoms with Crippen LogP contribution < -0.4 is 10.6 Å². The Morgan fingerprint density at radius 1 is 1.36 bits per heavy atom. The minimum Gasteiger partial charge on any atom is -0.444 e. The van der Waals surface area contributed by atoms with Crippen molar-refractivity contribution in [2.75, 3.05) is 36.1 Å². The van der Waals surface area contributed by atoms with E-state index in [0.717, 1.165) is 17.8 Å². The number of rotatable bonds is 6. The number of aliphatic hydroxyl groups is 1. The standard InChI is InChI=1S/C18H28ClN3O3/c1-18(2,3)25-17(24)22-9-8-15(12-22)21-14-6-4-13(5-7-14)20-11-16(23)10-19/h4-7,15-16,20-21,23H,8-12H2,1-3H3. The molecule has 1 amide bonds. The van der Waals surface area contributed by atoms with Crippen LogP contribution in [0.2, 0.25) is 0 Å². The number of ether oxygens (including phenoxy) is 1. The van der Waals surface area contributed by atoms with E-state index in [1.165, 1.54) is 0 Å². The summed E-state index contributed by atoms with van der Waals surface area (Å²) in [6.45, 7) is 7.37. The highest BCUT2D eigenvalue weighted by Gasteiger charge is 2.29. The SMILES string of the molecule is CC(C)(C)OC(=O)N1CCC(Nc2ccc(NCC(O)CCl)cc2)C1. The number of aliphatic hydroxyl groups excluding tert-OH is 1. The molecule has 7 heteroatoms. The maximum absolute atomic E-state index is 12.1. The summed E-state index contributed by atoms with van der Waals surface area (Å²) in [6, 6.07) is 8.06. The van der Waals surface area contributed by atoms with Crippen molar-refractivity contribution in [3.8, 4) is 0 Å². The molecule has 2 unspecified atom stereocenters. The van der Waals surface area contributed by atoms with Crippen molar-refractivity contribution >= 4 is 29.1 Å². The number of likely N-dealkylation sites (tertiary alicyclic amines) is 1. The minimum atomic E-state index is -0.559. The van der Waals surface area contributed by atoms with E-state index < -0.39 is 11.7 Å². The Morgan fingerprint density at radius 3 is 2.60 bits per heavy atom. The summed E-state index contributed by atoms with van der Waals surface area (Å²) in [7, 11) is 0. The van der Waals surface area contributed by atoms with Gasteiger partial charge in [-0.05, 0) is 51.5 Å². The van der Waals surface area contributed by atoms with Crippen LogP contribution in [0.3, 0.4) is 0 Å².